The van der Waals surface area contributed by atoms with E-state index in [9.17, 15) is 4.79 Å². The Morgan fingerprint density at radius 2 is 2.15 bits per heavy atom. The first-order chi connectivity index (χ1) is 9.65. The van der Waals surface area contributed by atoms with Gasteiger partial charge in [-0.1, -0.05) is 22.0 Å². The summed E-state index contributed by atoms with van der Waals surface area (Å²) in [5.74, 6) is -0.0591. The molecule has 0 saturated carbocycles. The second-order valence-corrected chi connectivity index (χ2v) is 5.27. The molecular weight excluding hydrogens is 318 g/mol. The Labute approximate surface area is 126 Å². The summed E-state index contributed by atoms with van der Waals surface area (Å²) >= 11 is 3.45. The van der Waals surface area contributed by atoms with E-state index in [2.05, 4.69) is 31.5 Å². The first-order valence-electron chi connectivity index (χ1n) is 6.32. The summed E-state index contributed by atoms with van der Waals surface area (Å²) in [5, 5.41) is 5.92. The maximum absolute atomic E-state index is 11.7. The molecule has 1 heterocycles. The minimum absolute atomic E-state index is 0.0591. The van der Waals surface area contributed by atoms with Gasteiger partial charge in [-0.3, -0.25) is 9.78 Å². The van der Waals surface area contributed by atoms with Gasteiger partial charge in [0.15, 0.2) is 0 Å². The van der Waals surface area contributed by atoms with E-state index in [1.54, 1.807) is 6.20 Å². The van der Waals surface area contributed by atoms with Crippen molar-refractivity contribution >= 4 is 27.5 Å². The lowest BCUT2D eigenvalue weighted by Crippen LogP contribution is -2.29. The lowest BCUT2D eigenvalue weighted by atomic mass is 10.2. The van der Waals surface area contributed by atoms with Crippen LogP contribution in [0.3, 0.4) is 0 Å². The van der Waals surface area contributed by atoms with Crippen LogP contribution in [0.5, 0.6) is 0 Å². The Morgan fingerprint density at radius 3 is 2.85 bits per heavy atom. The molecule has 0 saturated heterocycles. The van der Waals surface area contributed by atoms with Gasteiger partial charge in [0, 0.05) is 16.4 Å². The summed E-state index contributed by atoms with van der Waals surface area (Å²) < 4.78 is 1.06. The van der Waals surface area contributed by atoms with Crippen molar-refractivity contribution in [1.29, 1.82) is 0 Å². The van der Waals surface area contributed by atoms with Crippen molar-refractivity contribution in [1.82, 2.24) is 10.3 Å². The number of amides is 1. The second kappa shape index (κ2) is 7.05. The zero-order valence-corrected chi connectivity index (χ0v) is 12.8. The molecule has 104 valence electrons. The molecule has 4 nitrogen and oxygen atoms in total. The first kappa shape index (κ1) is 14.5. The number of nitrogens with one attached hydrogen (secondary N) is 2. The smallest absolute Gasteiger partial charge is 0.239 e. The topological polar surface area (TPSA) is 54.0 Å². The van der Waals surface area contributed by atoms with Gasteiger partial charge in [-0.05, 0) is 42.8 Å². The third kappa shape index (κ3) is 4.35. The van der Waals surface area contributed by atoms with Gasteiger partial charge in [-0.25, -0.2) is 0 Å². The van der Waals surface area contributed by atoms with Crippen LogP contribution < -0.4 is 10.6 Å². The van der Waals surface area contributed by atoms with Crippen LogP contribution in [0.2, 0.25) is 0 Å². The lowest BCUT2D eigenvalue weighted by Gasteiger charge is -2.09. The maximum Gasteiger partial charge on any atom is 0.239 e. The van der Waals surface area contributed by atoms with Crippen LogP contribution in [0, 0.1) is 6.92 Å². The molecule has 2 aromatic rings. The fraction of sp³-hybridized carbons (Fsp3) is 0.200. The zero-order valence-electron chi connectivity index (χ0n) is 11.2. The van der Waals surface area contributed by atoms with Gasteiger partial charge < -0.3 is 10.6 Å². The average Bonchev–Trinajstić information content (AvgIpc) is 2.47. The standard InChI is InChI=1S/C15H16BrN3O/c1-11-8-12(5-6-14(11)16)18-10-15(20)19-9-13-4-2-3-7-17-13/h2-8,18H,9-10H2,1H3,(H,19,20). The normalized spacial score (nSPS) is 10.1. The Balaban J connectivity index is 1.79. The Hall–Kier alpha value is -1.88. The van der Waals surface area contributed by atoms with Gasteiger partial charge in [-0.2, -0.15) is 0 Å². The van der Waals surface area contributed by atoms with Crippen LogP contribution in [-0.4, -0.2) is 17.4 Å². The molecule has 0 atom stereocenters. The van der Waals surface area contributed by atoms with Gasteiger partial charge in [0.25, 0.3) is 0 Å². The van der Waals surface area contributed by atoms with Crippen LogP contribution in [-0.2, 0) is 11.3 Å². The van der Waals surface area contributed by atoms with Gasteiger partial charge in [0.1, 0.15) is 0 Å². The van der Waals surface area contributed by atoms with Crippen molar-refractivity contribution in [3.63, 3.8) is 0 Å². The average molecular weight is 334 g/mol. The Kier molecular flexibility index (Phi) is 5.12. The molecule has 20 heavy (non-hydrogen) atoms. The van der Waals surface area contributed by atoms with Gasteiger partial charge in [0.2, 0.25) is 5.91 Å². The maximum atomic E-state index is 11.7. The van der Waals surface area contributed by atoms with Crippen LogP contribution >= 0.6 is 15.9 Å². The number of hydrogen-bond donors (Lipinski definition) is 2. The predicted octanol–water partition coefficient (Wildman–Crippen LogP) is 2.88. The summed E-state index contributed by atoms with van der Waals surface area (Å²) in [6, 6.07) is 11.5. The van der Waals surface area contributed by atoms with Crippen LogP contribution in [0.15, 0.2) is 47.1 Å². The molecular formula is C15H16BrN3O. The van der Waals surface area contributed by atoms with Gasteiger partial charge in [0.05, 0.1) is 18.8 Å². The fourth-order valence-corrected chi connectivity index (χ4v) is 1.94. The molecule has 0 radical (unpaired) electrons. The van der Waals surface area contributed by atoms with E-state index in [0.29, 0.717) is 6.54 Å². The van der Waals surface area contributed by atoms with Crippen molar-refractivity contribution in [2.45, 2.75) is 13.5 Å². The van der Waals surface area contributed by atoms with Crippen molar-refractivity contribution in [2.24, 2.45) is 0 Å². The van der Waals surface area contributed by atoms with Crippen LogP contribution in [0.1, 0.15) is 11.3 Å². The molecule has 0 bridgehead atoms. The van der Waals surface area contributed by atoms with Crippen molar-refractivity contribution < 1.29 is 4.79 Å². The van der Waals surface area contributed by atoms with E-state index < -0.39 is 0 Å². The predicted molar refractivity (Wildman–Crippen MR) is 83.5 cm³/mol. The van der Waals surface area contributed by atoms with Crippen LogP contribution in [0.4, 0.5) is 5.69 Å². The highest BCUT2D eigenvalue weighted by Gasteiger charge is 2.02. The number of carbonyl (C=O) groups is 1. The summed E-state index contributed by atoms with van der Waals surface area (Å²) in [6.45, 7) is 2.70. The molecule has 0 unspecified atom stereocenters. The van der Waals surface area contributed by atoms with E-state index >= 15 is 0 Å². The third-order valence-electron chi connectivity index (χ3n) is 2.80. The summed E-state index contributed by atoms with van der Waals surface area (Å²) in [7, 11) is 0. The summed E-state index contributed by atoms with van der Waals surface area (Å²) in [6.07, 6.45) is 1.71. The van der Waals surface area contributed by atoms with Crippen molar-refractivity contribution in [2.75, 3.05) is 11.9 Å². The van der Waals surface area contributed by atoms with Crippen molar-refractivity contribution in [3.05, 3.63) is 58.3 Å². The Morgan fingerprint density at radius 1 is 1.30 bits per heavy atom. The molecule has 2 N–H and O–H groups in total. The molecule has 1 amide bonds. The number of nitrogens with zero attached hydrogens (tertiary/aromatic N) is 1. The molecule has 1 aromatic carbocycles. The number of rotatable bonds is 5. The minimum Gasteiger partial charge on any atom is -0.376 e. The number of pyridine rings is 1. The van der Waals surface area contributed by atoms with Gasteiger partial charge >= 0.3 is 0 Å². The fourth-order valence-electron chi connectivity index (χ4n) is 1.69. The van der Waals surface area contributed by atoms with E-state index in [4.69, 9.17) is 0 Å². The molecule has 0 fully saturated rings. The minimum atomic E-state index is -0.0591. The number of anilines is 1. The highest BCUT2D eigenvalue weighted by atomic mass is 79.9. The second-order valence-electron chi connectivity index (χ2n) is 4.42. The van der Waals surface area contributed by atoms with Gasteiger partial charge in [-0.15, -0.1) is 0 Å². The van der Waals surface area contributed by atoms with Crippen LogP contribution in [0.25, 0.3) is 0 Å². The molecule has 0 aliphatic heterocycles. The number of aromatic nitrogens is 1. The summed E-state index contributed by atoms with van der Waals surface area (Å²) in [5.41, 5.74) is 2.91. The number of carbonyl (C=O) groups excluding carboxylic acids is 1. The SMILES string of the molecule is Cc1cc(NCC(=O)NCc2ccccn2)ccc1Br. The molecule has 0 aliphatic carbocycles. The Bertz CT molecular complexity index is 587. The highest BCUT2D eigenvalue weighted by Crippen LogP contribution is 2.19. The zero-order chi connectivity index (χ0) is 14.4. The van der Waals surface area contributed by atoms with E-state index in [-0.39, 0.29) is 12.5 Å². The number of halogens is 1. The highest BCUT2D eigenvalue weighted by molar-refractivity contribution is 9.10. The number of aryl methyl sites for hydroxylation is 1. The quantitative estimate of drug-likeness (QED) is 0.884. The third-order valence-corrected chi connectivity index (χ3v) is 3.69. The van der Waals surface area contributed by atoms with E-state index in [0.717, 1.165) is 21.4 Å². The molecule has 0 spiro atoms. The largest absolute Gasteiger partial charge is 0.376 e. The molecule has 5 heteroatoms. The first-order valence-corrected chi connectivity index (χ1v) is 7.11. The number of hydrogen-bond acceptors (Lipinski definition) is 3. The van der Waals surface area contributed by atoms with Crippen molar-refractivity contribution in [3.8, 4) is 0 Å². The molecule has 0 aliphatic rings. The molecule has 1 aromatic heterocycles. The monoisotopic (exact) mass is 333 g/mol. The van der Waals surface area contributed by atoms with E-state index in [1.807, 2.05) is 43.3 Å². The number of benzene rings is 1. The van der Waals surface area contributed by atoms with E-state index in [1.165, 1.54) is 0 Å². The lowest BCUT2D eigenvalue weighted by molar-refractivity contribution is -0.119. The summed E-state index contributed by atoms with van der Waals surface area (Å²) in [4.78, 5) is 15.9. The molecule has 2 rings (SSSR count).